The summed E-state index contributed by atoms with van der Waals surface area (Å²) < 4.78 is 5.56. The SMILES string of the molecule is CCc1ccc(Oc2ccc(C(C)N)nc2)c([N+](=O)[O-])c1. The molecule has 2 N–H and O–H groups in total. The van der Waals surface area contributed by atoms with Gasteiger partial charge in [0, 0.05) is 12.1 Å². The van der Waals surface area contributed by atoms with Gasteiger partial charge in [-0.3, -0.25) is 15.1 Å². The van der Waals surface area contributed by atoms with Crippen molar-refractivity contribution in [2.45, 2.75) is 26.3 Å². The standard InChI is InChI=1S/C15H17N3O3/c1-3-11-4-7-15(14(8-11)18(19)20)21-12-5-6-13(10(2)16)17-9-12/h4-10H,3,16H2,1-2H3. The Labute approximate surface area is 122 Å². The molecule has 0 aliphatic heterocycles. The number of aromatic nitrogens is 1. The van der Waals surface area contributed by atoms with Gasteiger partial charge in [0.05, 0.1) is 16.8 Å². The zero-order valence-electron chi connectivity index (χ0n) is 11.9. The normalized spacial score (nSPS) is 12.0. The molecule has 1 unspecified atom stereocenters. The van der Waals surface area contributed by atoms with Gasteiger partial charge < -0.3 is 10.5 Å². The van der Waals surface area contributed by atoms with E-state index >= 15 is 0 Å². The average Bonchev–Trinajstić information content (AvgIpc) is 2.48. The summed E-state index contributed by atoms with van der Waals surface area (Å²) in [5.41, 5.74) is 7.29. The number of aryl methyl sites for hydroxylation is 1. The number of ether oxygens (including phenoxy) is 1. The van der Waals surface area contributed by atoms with Crippen molar-refractivity contribution in [2.75, 3.05) is 0 Å². The molecule has 1 aromatic carbocycles. The highest BCUT2D eigenvalue weighted by Crippen LogP contribution is 2.32. The number of hydrogen-bond donors (Lipinski definition) is 1. The molecule has 0 saturated carbocycles. The fraction of sp³-hybridized carbons (Fsp3) is 0.267. The smallest absolute Gasteiger partial charge is 0.311 e. The number of hydrogen-bond acceptors (Lipinski definition) is 5. The third kappa shape index (κ3) is 3.55. The van der Waals surface area contributed by atoms with E-state index in [2.05, 4.69) is 4.98 Å². The number of pyridine rings is 1. The molecule has 2 rings (SSSR count). The Kier molecular flexibility index (Phi) is 4.49. The summed E-state index contributed by atoms with van der Waals surface area (Å²) in [6, 6.07) is 8.22. The van der Waals surface area contributed by atoms with Crippen LogP contribution >= 0.6 is 0 Å². The molecule has 0 aliphatic carbocycles. The lowest BCUT2D eigenvalue weighted by molar-refractivity contribution is -0.385. The minimum absolute atomic E-state index is 0.0504. The van der Waals surface area contributed by atoms with Crippen molar-refractivity contribution < 1.29 is 9.66 Å². The fourth-order valence-corrected chi connectivity index (χ4v) is 1.86. The quantitative estimate of drug-likeness (QED) is 0.672. The zero-order valence-corrected chi connectivity index (χ0v) is 11.9. The number of nitrogens with two attached hydrogens (primary N) is 1. The fourth-order valence-electron chi connectivity index (χ4n) is 1.86. The highest BCUT2D eigenvalue weighted by atomic mass is 16.6. The van der Waals surface area contributed by atoms with Gasteiger partial charge in [0.15, 0.2) is 0 Å². The molecule has 6 heteroatoms. The summed E-state index contributed by atoms with van der Waals surface area (Å²) in [5.74, 6) is 0.638. The molecule has 0 radical (unpaired) electrons. The lowest BCUT2D eigenvalue weighted by Crippen LogP contribution is -2.06. The highest BCUT2D eigenvalue weighted by molar-refractivity contribution is 5.50. The first-order valence-electron chi connectivity index (χ1n) is 6.68. The van der Waals surface area contributed by atoms with Crippen molar-refractivity contribution in [2.24, 2.45) is 5.73 Å². The van der Waals surface area contributed by atoms with Gasteiger partial charge in [-0.25, -0.2) is 0 Å². The van der Waals surface area contributed by atoms with E-state index in [-0.39, 0.29) is 17.5 Å². The summed E-state index contributed by atoms with van der Waals surface area (Å²) in [6.45, 7) is 3.77. The first-order valence-corrected chi connectivity index (χ1v) is 6.68. The second kappa shape index (κ2) is 6.32. The molecule has 0 bridgehead atoms. The number of nitrogens with zero attached hydrogens (tertiary/aromatic N) is 2. The van der Waals surface area contributed by atoms with Gasteiger partial charge in [0.25, 0.3) is 0 Å². The number of nitro benzene ring substituents is 1. The topological polar surface area (TPSA) is 91.3 Å². The van der Waals surface area contributed by atoms with E-state index in [0.717, 1.165) is 17.7 Å². The molecule has 6 nitrogen and oxygen atoms in total. The van der Waals surface area contributed by atoms with Crippen LogP contribution in [0.4, 0.5) is 5.69 Å². The zero-order chi connectivity index (χ0) is 15.4. The van der Waals surface area contributed by atoms with E-state index < -0.39 is 4.92 Å². The summed E-state index contributed by atoms with van der Waals surface area (Å²) in [6.07, 6.45) is 2.24. The van der Waals surface area contributed by atoms with Crippen LogP contribution in [-0.4, -0.2) is 9.91 Å². The Morgan fingerprint density at radius 2 is 2.14 bits per heavy atom. The van der Waals surface area contributed by atoms with E-state index in [0.29, 0.717) is 5.75 Å². The van der Waals surface area contributed by atoms with E-state index in [1.54, 1.807) is 18.2 Å². The van der Waals surface area contributed by atoms with E-state index in [1.807, 2.05) is 19.9 Å². The summed E-state index contributed by atoms with van der Waals surface area (Å²) in [7, 11) is 0. The Hall–Kier alpha value is -2.47. The van der Waals surface area contributed by atoms with Crippen molar-refractivity contribution in [3.63, 3.8) is 0 Å². The van der Waals surface area contributed by atoms with E-state index in [4.69, 9.17) is 10.5 Å². The second-order valence-electron chi connectivity index (χ2n) is 4.72. The predicted octanol–water partition coefficient (Wildman–Crippen LogP) is 3.36. The monoisotopic (exact) mass is 287 g/mol. The second-order valence-corrected chi connectivity index (χ2v) is 4.72. The summed E-state index contributed by atoms with van der Waals surface area (Å²) >= 11 is 0. The Balaban J connectivity index is 2.28. The molecule has 0 aliphatic rings. The van der Waals surface area contributed by atoms with Crippen LogP contribution in [0.3, 0.4) is 0 Å². The Morgan fingerprint density at radius 3 is 2.67 bits per heavy atom. The Morgan fingerprint density at radius 1 is 1.38 bits per heavy atom. The maximum atomic E-state index is 11.1. The Bertz CT molecular complexity index is 639. The maximum absolute atomic E-state index is 11.1. The molecular weight excluding hydrogens is 270 g/mol. The molecular formula is C15H17N3O3. The summed E-state index contributed by atoms with van der Waals surface area (Å²) in [5, 5.41) is 11.1. The first kappa shape index (κ1) is 14.9. The first-order chi connectivity index (χ1) is 10.0. The van der Waals surface area contributed by atoms with Crippen LogP contribution in [0, 0.1) is 10.1 Å². The van der Waals surface area contributed by atoms with Crippen LogP contribution in [0.1, 0.15) is 31.1 Å². The minimum Gasteiger partial charge on any atom is -0.449 e. The largest absolute Gasteiger partial charge is 0.449 e. The van der Waals surface area contributed by atoms with Gasteiger partial charge in [0.2, 0.25) is 5.75 Å². The van der Waals surface area contributed by atoms with Gasteiger partial charge in [-0.05, 0) is 37.1 Å². The molecule has 21 heavy (non-hydrogen) atoms. The van der Waals surface area contributed by atoms with Gasteiger partial charge in [-0.15, -0.1) is 0 Å². The van der Waals surface area contributed by atoms with Crippen molar-refractivity contribution in [3.05, 3.63) is 57.9 Å². The molecule has 1 aromatic heterocycles. The molecule has 0 fully saturated rings. The highest BCUT2D eigenvalue weighted by Gasteiger charge is 2.16. The molecule has 110 valence electrons. The number of rotatable bonds is 5. The average molecular weight is 287 g/mol. The van der Waals surface area contributed by atoms with Crippen LogP contribution < -0.4 is 10.5 Å². The maximum Gasteiger partial charge on any atom is 0.311 e. The van der Waals surface area contributed by atoms with Crippen LogP contribution in [0.25, 0.3) is 0 Å². The van der Waals surface area contributed by atoms with Gasteiger partial charge in [0.1, 0.15) is 5.75 Å². The molecule has 0 spiro atoms. The third-order valence-corrected chi connectivity index (χ3v) is 3.08. The lowest BCUT2D eigenvalue weighted by Gasteiger charge is -2.09. The summed E-state index contributed by atoms with van der Waals surface area (Å²) in [4.78, 5) is 14.8. The molecule has 1 heterocycles. The van der Waals surface area contributed by atoms with Crippen LogP contribution in [0.15, 0.2) is 36.5 Å². The van der Waals surface area contributed by atoms with Crippen molar-refractivity contribution in [1.29, 1.82) is 0 Å². The minimum atomic E-state index is -0.446. The van der Waals surface area contributed by atoms with Gasteiger partial charge in [-0.1, -0.05) is 13.0 Å². The third-order valence-electron chi connectivity index (χ3n) is 3.08. The van der Waals surface area contributed by atoms with Crippen molar-refractivity contribution in [3.8, 4) is 11.5 Å². The number of benzene rings is 1. The van der Waals surface area contributed by atoms with Crippen molar-refractivity contribution >= 4 is 5.69 Å². The predicted molar refractivity (Wildman–Crippen MR) is 79.4 cm³/mol. The van der Waals surface area contributed by atoms with Crippen LogP contribution in [0.2, 0.25) is 0 Å². The van der Waals surface area contributed by atoms with E-state index in [9.17, 15) is 10.1 Å². The van der Waals surface area contributed by atoms with Gasteiger partial charge in [-0.2, -0.15) is 0 Å². The van der Waals surface area contributed by atoms with Crippen molar-refractivity contribution in [1.82, 2.24) is 4.98 Å². The lowest BCUT2D eigenvalue weighted by atomic mass is 10.1. The molecule has 0 saturated heterocycles. The number of nitro groups is 1. The molecule has 0 amide bonds. The van der Waals surface area contributed by atoms with E-state index in [1.165, 1.54) is 12.3 Å². The van der Waals surface area contributed by atoms with Crippen LogP contribution in [0.5, 0.6) is 11.5 Å². The molecule has 1 atom stereocenters. The van der Waals surface area contributed by atoms with Gasteiger partial charge >= 0.3 is 5.69 Å². The van der Waals surface area contributed by atoms with Crippen LogP contribution in [-0.2, 0) is 6.42 Å². The molecule has 2 aromatic rings.